The van der Waals surface area contributed by atoms with Crippen LogP contribution in [0, 0.1) is 5.92 Å². The average Bonchev–Trinajstić information content (AvgIpc) is 1.90. The van der Waals surface area contributed by atoms with Crippen molar-refractivity contribution in [1.29, 1.82) is 0 Å². The summed E-state index contributed by atoms with van der Waals surface area (Å²) >= 11 is 6.63. The standard InChI is InChI=1S/C6H12Br2O2/c7-6(8)2-1-5(3-9)4-10/h5-6,9-10H,1-4H2. The molecule has 0 aliphatic heterocycles. The molecule has 0 radical (unpaired) electrons. The Kier molecular flexibility index (Phi) is 7.16. The highest BCUT2D eigenvalue weighted by molar-refractivity contribution is 9.24. The predicted octanol–water partition coefficient (Wildman–Crippen LogP) is 1.48. The second-order valence-corrected chi connectivity index (χ2v) is 5.64. The SMILES string of the molecule is OCC(CO)CCC(Br)Br. The summed E-state index contributed by atoms with van der Waals surface area (Å²) in [6.45, 7) is 0.145. The van der Waals surface area contributed by atoms with Crippen LogP contribution in [0.25, 0.3) is 0 Å². The smallest absolute Gasteiger partial charge is 0.0698 e. The lowest BCUT2D eigenvalue weighted by atomic mass is 10.1. The van der Waals surface area contributed by atoms with Gasteiger partial charge >= 0.3 is 0 Å². The molecule has 0 rings (SSSR count). The number of rotatable bonds is 5. The summed E-state index contributed by atoms with van der Waals surface area (Å²) in [5.41, 5.74) is 0. The minimum absolute atomic E-state index is 0.0394. The first kappa shape index (κ1) is 10.9. The van der Waals surface area contributed by atoms with Gasteiger partial charge in [-0.15, -0.1) is 0 Å². The van der Waals surface area contributed by atoms with Gasteiger partial charge in [0.25, 0.3) is 0 Å². The molecule has 0 saturated heterocycles. The molecule has 0 heterocycles. The van der Waals surface area contributed by atoms with E-state index in [0.717, 1.165) is 12.8 Å². The summed E-state index contributed by atoms with van der Waals surface area (Å²) < 4.78 is 0.292. The summed E-state index contributed by atoms with van der Waals surface area (Å²) in [6, 6.07) is 0. The second kappa shape index (κ2) is 6.58. The maximum absolute atomic E-state index is 8.65. The van der Waals surface area contributed by atoms with Crippen LogP contribution in [0.5, 0.6) is 0 Å². The van der Waals surface area contributed by atoms with Crippen molar-refractivity contribution in [3.63, 3.8) is 0 Å². The van der Waals surface area contributed by atoms with E-state index < -0.39 is 0 Å². The van der Waals surface area contributed by atoms with E-state index in [0.29, 0.717) is 3.74 Å². The summed E-state index contributed by atoms with van der Waals surface area (Å²) in [4.78, 5) is 0. The number of aliphatic hydroxyl groups excluding tert-OH is 2. The number of aliphatic hydroxyl groups is 2. The van der Waals surface area contributed by atoms with Crippen LogP contribution in [0.3, 0.4) is 0 Å². The van der Waals surface area contributed by atoms with Crippen molar-refractivity contribution in [2.45, 2.75) is 16.6 Å². The summed E-state index contributed by atoms with van der Waals surface area (Å²) in [6.07, 6.45) is 1.76. The fourth-order valence-electron chi connectivity index (χ4n) is 0.602. The summed E-state index contributed by atoms with van der Waals surface area (Å²) in [5, 5.41) is 17.3. The van der Waals surface area contributed by atoms with Crippen LogP contribution in [0.4, 0.5) is 0 Å². The van der Waals surface area contributed by atoms with Crippen molar-refractivity contribution in [3.05, 3.63) is 0 Å². The van der Waals surface area contributed by atoms with Gasteiger partial charge in [-0.2, -0.15) is 0 Å². The first-order valence-corrected chi connectivity index (χ1v) is 5.03. The Morgan fingerprint density at radius 3 is 1.80 bits per heavy atom. The topological polar surface area (TPSA) is 40.5 Å². The van der Waals surface area contributed by atoms with Crippen molar-refractivity contribution in [2.75, 3.05) is 13.2 Å². The summed E-state index contributed by atoms with van der Waals surface area (Å²) in [7, 11) is 0. The van der Waals surface area contributed by atoms with Gasteiger partial charge in [0.2, 0.25) is 0 Å². The highest BCUT2D eigenvalue weighted by Gasteiger charge is 2.07. The van der Waals surface area contributed by atoms with E-state index in [-0.39, 0.29) is 19.1 Å². The quantitative estimate of drug-likeness (QED) is 0.747. The van der Waals surface area contributed by atoms with E-state index >= 15 is 0 Å². The van der Waals surface area contributed by atoms with Crippen LogP contribution in [-0.4, -0.2) is 27.2 Å². The van der Waals surface area contributed by atoms with Crippen LogP contribution in [0.1, 0.15) is 12.8 Å². The molecule has 0 spiro atoms. The molecule has 4 heteroatoms. The zero-order valence-electron chi connectivity index (χ0n) is 5.63. The van der Waals surface area contributed by atoms with Crippen LogP contribution >= 0.6 is 31.9 Å². The highest BCUT2D eigenvalue weighted by Crippen LogP contribution is 2.17. The molecule has 0 bridgehead atoms. The Morgan fingerprint density at radius 1 is 1.00 bits per heavy atom. The zero-order valence-corrected chi connectivity index (χ0v) is 8.81. The maximum atomic E-state index is 8.65. The Bertz CT molecular complexity index is 74.1. The number of hydrogen-bond donors (Lipinski definition) is 2. The van der Waals surface area contributed by atoms with Crippen molar-refractivity contribution in [1.82, 2.24) is 0 Å². The van der Waals surface area contributed by atoms with Crippen molar-refractivity contribution in [2.24, 2.45) is 5.92 Å². The van der Waals surface area contributed by atoms with Gasteiger partial charge in [0.15, 0.2) is 0 Å². The van der Waals surface area contributed by atoms with Gasteiger partial charge in [0, 0.05) is 19.1 Å². The largest absolute Gasteiger partial charge is 0.396 e. The Hall–Kier alpha value is 0.880. The van der Waals surface area contributed by atoms with E-state index in [4.69, 9.17) is 10.2 Å². The van der Waals surface area contributed by atoms with Gasteiger partial charge in [-0.05, 0) is 12.8 Å². The Morgan fingerprint density at radius 2 is 1.50 bits per heavy atom. The molecule has 10 heavy (non-hydrogen) atoms. The minimum Gasteiger partial charge on any atom is -0.396 e. The molecule has 0 atom stereocenters. The van der Waals surface area contributed by atoms with Gasteiger partial charge < -0.3 is 10.2 Å². The molecule has 0 aromatic carbocycles. The average molecular weight is 276 g/mol. The molecule has 2 nitrogen and oxygen atoms in total. The van der Waals surface area contributed by atoms with E-state index in [9.17, 15) is 0 Å². The van der Waals surface area contributed by atoms with Crippen LogP contribution in [0.15, 0.2) is 0 Å². The third-order valence-corrected chi connectivity index (χ3v) is 2.23. The zero-order chi connectivity index (χ0) is 7.98. The van der Waals surface area contributed by atoms with Crippen molar-refractivity contribution in [3.8, 4) is 0 Å². The van der Waals surface area contributed by atoms with Gasteiger partial charge in [0.05, 0.1) is 3.74 Å². The van der Waals surface area contributed by atoms with Crippen LogP contribution < -0.4 is 0 Å². The molecular weight excluding hydrogens is 264 g/mol. The van der Waals surface area contributed by atoms with E-state index in [1.54, 1.807) is 0 Å². The molecule has 2 N–H and O–H groups in total. The molecule has 0 fully saturated rings. The molecule has 0 aromatic heterocycles. The van der Waals surface area contributed by atoms with Gasteiger partial charge in [-0.25, -0.2) is 0 Å². The third kappa shape index (κ3) is 5.65. The van der Waals surface area contributed by atoms with E-state index in [2.05, 4.69) is 31.9 Å². The highest BCUT2D eigenvalue weighted by atomic mass is 79.9. The van der Waals surface area contributed by atoms with Crippen molar-refractivity contribution >= 4 is 31.9 Å². The van der Waals surface area contributed by atoms with Crippen molar-refractivity contribution < 1.29 is 10.2 Å². The number of hydrogen-bond acceptors (Lipinski definition) is 2. The molecule has 0 aromatic rings. The molecular formula is C6H12Br2O2. The number of alkyl halides is 2. The monoisotopic (exact) mass is 274 g/mol. The first-order valence-electron chi connectivity index (χ1n) is 3.20. The normalized spacial score (nSPS) is 11.4. The Labute approximate surface area is 77.9 Å². The minimum atomic E-state index is 0.0394. The van der Waals surface area contributed by atoms with Gasteiger partial charge in [-0.1, -0.05) is 31.9 Å². The predicted molar refractivity (Wildman–Crippen MR) is 48.5 cm³/mol. The Balaban J connectivity index is 3.26. The molecule has 0 aliphatic rings. The van der Waals surface area contributed by atoms with Crippen LogP contribution in [-0.2, 0) is 0 Å². The van der Waals surface area contributed by atoms with Gasteiger partial charge in [-0.3, -0.25) is 0 Å². The molecule has 0 aliphatic carbocycles. The summed E-state index contributed by atoms with van der Waals surface area (Å²) in [5.74, 6) is 0.0394. The third-order valence-electron chi connectivity index (χ3n) is 1.31. The lowest BCUT2D eigenvalue weighted by molar-refractivity contribution is 0.143. The lowest BCUT2D eigenvalue weighted by Gasteiger charge is -2.09. The van der Waals surface area contributed by atoms with Gasteiger partial charge in [0.1, 0.15) is 0 Å². The first-order chi connectivity index (χ1) is 4.70. The van der Waals surface area contributed by atoms with E-state index in [1.807, 2.05) is 0 Å². The fourth-order valence-corrected chi connectivity index (χ4v) is 1.13. The molecule has 0 amide bonds. The maximum Gasteiger partial charge on any atom is 0.0698 e. The fraction of sp³-hybridized carbons (Fsp3) is 1.00. The number of halogens is 2. The lowest BCUT2D eigenvalue weighted by Crippen LogP contribution is -2.11. The molecule has 0 unspecified atom stereocenters. The molecule has 0 saturated carbocycles. The van der Waals surface area contributed by atoms with E-state index in [1.165, 1.54) is 0 Å². The second-order valence-electron chi connectivity index (χ2n) is 2.20. The molecule has 62 valence electrons. The van der Waals surface area contributed by atoms with Crippen LogP contribution in [0.2, 0.25) is 0 Å².